The Morgan fingerprint density at radius 3 is 3.00 bits per heavy atom. The number of anilines is 1. The Kier molecular flexibility index (Phi) is 2.32. The van der Waals surface area contributed by atoms with E-state index in [9.17, 15) is 4.79 Å². The van der Waals surface area contributed by atoms with Crippen molar-refractivity contribution in [3.8, 4) is 0 Å². The molecular weight excluding hydrogens is 182 g/mol. The van der Waals surface area contributed by atoms with Crippen molar-refractivity contribution in [2.45, 2.75) is 6.42 Å². The van der Waals surface area contributed by atoms with E-state index < -0.39 is 0 Å². The highest BCUT2D eigenvalue weighted by molar-refractivity contribution is 5.91. The monoisotopic (exact) mass is 193 g/mol. The van der Waals surface area contributed by atoms with Gasteiger partial charge in [-0.2, -0.15) is 0 Å². The molecule has 5 nitrogen and oxygen atoms in total. The highest BCUT2D eigenvalue weighted by Crippen LogP contribution is 2.10. The van der Waals surface area contributed by atoms with Crippen LogP contribution in [0.5, 0.6) is 0 Å². The van der Waals surface area contributed by atoms with Crippen LogP contribution < -0.4 is 5.73 Å². The van der Waals surface area contributed by atoms with Gasteiger partial charge in [0, 0.05) is 0 Å². The molecule has 1 saturated heterocycles. The third kappa shape index (κ3) is 1.67. The summed E-state index contributed by atoms with van der Waals surface area (Å²) in [5.41, 5.74) is 6.37. The number of carbonyl (C=O) groups excluding carboxylic acids is 1. The minimum atomic E-state index is -0.206. The number of nitrogens with zero attached hydrogens (tertiary/aromatic N) is 2. The molecule has 1 fully saturated rings. The first kappa shape index (κ1) is 8.96. The van der Waals surface area contributed by atoms with Crippen molar-refractivity contribution in [1.29, 1.82) is 0 Å². The summed E-state index contributed by atoms with van der Waals surface area (Å²) in [6.07, 6.45) is 2.34. The summed E-state index contributed by atoms with van der Waals surface area (Å²) in [5.74, 6) is -0.206. The van der Waals surface area contributed by atoms with E-state index in [0.717, 1.165) is 6.42 Å². The maximum Gasteiger partial charge on any atom is 0.295 e. The van der Waals surface area contributed by atoms with E-state index in [1.807, 2.05) is 0 Å². The van der Waals surface area contributed by atoms with E-state index in [2.05, 4.69) is 4.98 Å². The Balaban J connectivity index is 2.14. The number of amides is 1. The van der Waals surface area contributed by atoms with Gasteiger partial charge in [-0.15, -0.1) is 0 Å². The van der Waals surface area contributed by atoms with Crippen LogP contribution in [0.1, 0.15) is 16.9 Å². The quantitative estimate of drug-likeness (QED) is 0.702. The molecule has 1 aromatic heterocycles. The van der Waals surface area contributed by atoms with Crippen LogP contribution in [0.4, 0.5) is 5.69 Å². The van der Waals surface area contributed by atoms with E-state index in [1.165, 1.54) is 11.3 Å². The molecule has 2 N–H and O–H groups in total. The predicted molar refractivity (Wildman–Crippen MR) is 50.3 cm³/mol. The maximum absolute atomic E-state index is 11.7. The van der Waals surface area contributed by atoms with Crippen LogP contribution in [-0.2, 0) is 4.84 Å². The fourth-order valence-electron chi connectivity index (χ4n) is 1.27. The molecule has 0 saturated carbocycles. The highest BCUT2D eigenvalue weighted by atomic mass is 16.7. The van der Waals surface area contributed by atoms with Crippen molar-refractivity contribution in [3.05, 3.63) is 24.0 Å². The Bertz CT molecular complexity index is 330. The summed E-state index contributed by atoms with van der Waals surface area (Å²) < 4.78 is 0. The standard InChI is InChI=1S/C9H11N3O2/c10-7-2-3-8(11-6-7)9(13)12-4-1-5-14-12/h2-3,6H,1,4-5,10H2. The van der Waals surface area contributed by atoms with Crippen molar-refractivity contribution in [1.82, 2.24) is 10.0 Å². The first-order chi connectivity index (χ1) is 6.77. The van der Waals surface area contributed by atoms with Gasteiger partial charge in [0.25, 0.3) is 5.91 Å². The summed E-state index contributed by atoms with van der Waals surface area (Å²) in [5, 5.41) is 1.33. The molecule has 0 bridgehead atoms. The zero-order valence-electron chi connectivity index (χ0n) is 7.64. The Morgan fingerprint density at radius 1 is 1.57 bits per heavy atom. The average molecular weight is 193 g/mol. The molecule has 1 aliphatic heterocycles. The summed E-state index contributed by atoms with van der Waals surface area (Å²) in [6.45, 7) is 1.23. The Morgan fingerprint density at radius 2 is 2.43 bits per heavy atom. The van der Waals surface area contributed by atoms with Gasteiger partial charge in [-0.05, 0) is 18.6 Å². The molecule has 0 unspecified atom stereocenters. The number of pyridine rings is 1. The molecule has 0 atom stereocenters. The van der Waals surface area contributed by atoms with Gasteiger partial charge in [0.2, 0.25) is 0 Å². The number of hydroxylamine groups is 2. The normalized spacial score (nSPS) is 15.9. The van der Waals surface area contributed by atoms with Gasteiger partial charge in [-0.25, -0.2) is 10.0 Å². The average Bonchev–Trinajstić information content (AvgIpc) is 2.71. The zero-order valence-corrected chi connectivity index (χ0v) is 7.64. The lowest BCUT2D eigenvalue weighted by molar-refractivity contribution is -0.0771. The van der Waals surface area contributed by atoms with Crippen LogP contribution in [-0.4, -0.2) is 29.1 Å². The largest absolute Gasteiger partial charge is 0.397 e. The molecule has 1 amide bonds. The number of aromatic nitrogens is 1. The Labute approximate surface area is 81.4 Å². The summed E-state index contributed by atoms with van der Waals surface area (Å²) >= 11 is 0. The predicted octanol–water partition coefficient (Wildman–Crippen LogP) is 0.441. The smallest absolute Gasteiger partial charge is 0.295 e. The van der Waals surface area contributed by atoms with Crippen LogP contribution in [0.15, 0.2) is 18.3 Å². The summed E-state index contributed by atoms with van der Waals surface area (Å²) in [6, 6.07) is 3.25. The van der Waals surface area contributed by atoms with E-state index >= 15 is 0 Å². The van der Waals surface area contributed by atoms with Gasteiger partial charge in [0.1, 0.15) is 5.69 Å². The second-order valence-corrected chi connectivity index (χ2v) is 3.07. The molecule has 0 aromatic carbocycles. The van der Waals surface area contributed by atoms with Gasteiger partial charge in [-0.1, -0.05) is 0 Å². The second kappa shape index (κ2) is 3.63. The van der Waals surface area contributed by atoms with E-state index in [4.69, 9.17) is 10.6 Å². The van der Waals surface area contributed by atoms with Crippen molar-refractivity contribution in [2.24, 2.45) is 0 Å². The van der Waals surface area contributed by atoms with Gasteiger partial charge in [0.15, 0.2) is 0 Å². The molecule has 2 rings (SSSR count). The molecule has 0 aliphatic carbocycles. The second-order valence-electron chi connectivity index (χ2n) is 3.07. The third-order valence-electron chi connectivity index (χ3n) is 1.98. The molecule has 14 heavy (non-hydrogen) atoms. The molecule has 1 aromatic rings. The number of rotatable bonds is 1. The van der Waals surface area contributed by atoms with Crippen molar-refractivity contribution >= 4 is 11.6 Å². The van der Waals surface area contributed by atoms with Crippen LogP contribution in [0.2, 0.25) is 0 Å². The number of hydrogen-bond acceptors (Lipinski definition) is 4. The first-order valence-electron chi connectivity index (χ1n) is 4.44. The van der Waals surface area contributed by atoms with Gasteiger partial charge in [-0.3, -0.25) is 9.63 Å². The number of nitrogen functional groups attached to an aromatic ring is 1. The molecule has 1 aliphatic rings. The molecule has 0 radical (unpaired) electrons. The van der Waals surface area contributed by atoms with E-state index in [-0.39, 0.29) is 5.91 Å². The van der Waals surface area contributed by atoms with Crippen LogP contribution in [0, 0.1) is 0 Å². The van der Waals surface area contributed by atoms with Crippen molar-refractivity contribution in [3.63, 3.8) is 0 Å². The first-order valence-corrected chi connectivity index (χ1v) is 4.44. The van der Waals surface area contributed by atoms with Crippen molar-refractivity contribution < 1.29 is 9.63 Å². The van der Waals surface area contributed by atoms with E-state index in [1.54, 1.807) is 12.1 Å². The summed E-state index contributed by atoms with van der Waals surface area (Å²) in [7, 11) is 0. The van der Waals surface area contributed by atoms with Gasteiger partial charge < -0.3 is 5.73 Å². The minimum absolute atomic E-state index is 0.206. The maximum atomic E-state index is 11.7. The fraction of sp³-hybridized carbons (Fsp3) is 0.333. The van der Waals surface area contributed by atoms with Crippen LogP contribution in [0.3, 0.4) is 0 Å². The lowest BCUT2D eigenvalue weighted by Crippen LogP contribution is -2.27. The minimum Gasteiger partial charge on any atom is -0.397 e. The molecule has 74 valence electrons. The molecule has 0 spiro atoms. The van der Waals surface area contributed by atoms with E-state index in [0.29, 0.717) is 24.5 Å². The van der Waals surface area contributed by atoms with Crippen LogP contribution >= 0.6 is 0 Å². The molecule has 5 heteroatoms. The summed E-state index contributed by atoms with van der Waals surface area (Å²) in [4.78, 5) is 20.7. The van der Waals surface area contributed by atoms with Crippen LogP contribution in [0.25, 0.3) is 0 Å². The lowest BCUT2D eigenvalue weighted by atomic mass is 10.3. The zero-order chi connectivity index (χ0) is 9.97. The Hall–Kier alpha value is -1.62. The third-order valence-corrected chi connectivity index (χ3v) is 1.98. The van der Waals surface area contributed by atoms with Gasteiger partial charge in [0.05, 0.1) is 25.0 Å². The molecular formula is C9H11N3O2. The SMILES string of the molecule is Nc1ccc(C(=O)N2CCCO2)nc1. The number of carbonyl (C=O) groups is 1. The number of nitrogens with two attached hydrogens (primary N) is 1. The topological polar surface area (TPSA) is 68.5 Å². The lowest BCUT2D eigenvalue weighted by Gasteiger charge is -2.12. The van der Waals surface area contributed by atoms with Gasteiger partial charge >= 0.3 is 0 Å². The highest BCUT2D eigenvalue weighted by Gasteiger charge is 2.21. The molecule has 2 heterocycles. The number of hydrogen-bond donors (Lipinski definition) is 1. The fourth-order valence-corrected chi connectivity index (χ4v) is 1.27. The van der Waals surface area contributed by atoms with Crippen molar-refractivity contribution in [2.75, 3.05) is 18.9 Å².